The molecule has 0 bridgehead atoms. The molecule has 0 aliphatic carbocycles. The minimum atomic E-state index is -1.64. The second kappa shape index (κ2) is 4.88. The molecule has 1 aliphatic rings. The number of urea groups is 1. The van der Waals surface area contributed by atoms with E-state index in [1.807, 2.05) is 11.4 Å². The molecule has 7 nitrogen and oxygen atoms in total. The van der Waals surface area contributed by atoms with E-state index in [1.165, 1.54) is 17.4 Å². The van der Waals surface area contributed by atoms with E-state index in [9.17, 15) is 19.7 Å². The number of nitro groups is 1. The van der Waals surface area contributed by atoms with Gasteiger partial charge in [-0.25, -0.2) is 4.79 Å². The molecule has 1 aromatic rings. The summed E-state index contributed by atoms with van der Waals surface area (Å²) < 4.78 is 0. The molecule has 0 fully saturated rings. The Hall–Kier alpha value is -2.35. The number of hydrogen-bond donors (Lipinski definition) is 1. The van der Waals surface area contributed by atoms with Crippen LogP contribution in [0.3, 0.4) is 0 Å². The highest BCUT2D eigenvalue weighted by Gasteiger charge is 2.39. The average Bonchev–Trinajstić information content (AvgIpc) is 2.77. The highest BCUT2D eigenvalue weighted by molar-refractivity contribution is 7.10. The SMILES string of the molecule is O=C1N=C(/C=C/c2cccs2)C([N+](=O)[O-])C(=O)N1. The fourth-order valence-electron chi connectivity index (χ4n) is 1.40. The van der Waals surface area contributed by atoms with Gasteiger partial charge in [0.15, 0.2) is 0 Å². The van der Waals surface area contributed by atoms with Crippen molar-refractivity contribution >= 4 is 35.1 Å². The number of carbonyl (C=O) groups excluding carboxylic acids is 2. The molecule has 0 aromatic carbocycles. The van der Waals surface area contributed by atoms with Crippen LogP contribution in [0.1, 0.15) is 4.88 Å². The van der Waals surface area contributed by atoms with E-state index >= 15 is 0 Å². The topological polar surface area (TPSA) is 102 Å². The van der Waals surface area contributed by atoms with E-state index in [2.05, 4.69) is 4.99 Å². The van der Waals surface area contributed by atoms with Gasteiger partial charge in [-0.05, 0) is 23.6 Å². The molecule has 1 N–H and O–H groups in total. The number of imide groups is 1. The first-order chi connectivity index (χ1) is 8.58. The quantitative estimate of drug-likeness (QED) is 0.653. The van der Waals surface area contributed by atoms with Crippen molar-refractivity contribution < 1.29 is 14.5 Å². The maximum absolute atomic E-state index is 11.3. The summed E-state index contributed by atoms with van der Waals surface area (Å²) in [6.45, 7) is 0. The van der Waals surface area contributed by atoms with Crippen molar-refractivity contribution in [1.82, 2.24) is 5.32 Å². The molecule has 3 amide bonds. The zero-order valence-electron chi connectivity index (χ0n) is 8.90. The number of rotatable bonds is 3. The van der Waals surface area contributed by atoms with Gasteiger partial charge >= 0.3 is 18.0 Å². The van der Waals surface area contributed by atoms with Gasteiger partial charge in [0.2, 0.25) is 0 Å². The normalized spacial score (nSPS) is 19.8. The summed E-state index contributed by atoms with van der Waals surface area (Å²) in [5.74, 6) is -0.967. The summed E-state index contributed by atoms with van der Waals surface area (Å²) in [5.41, 5.74) is -0.165. The number of thiophene rings is 1. The first-order valence-electron chi connectivity index (χ1n) is 4.86. The lowest BCUT2D eigenvalue weighted by molar-refractivity contribution is -0.489. The Morgan fingerprint density at radius 2 is 2.22 bits per heavy atom. The Balaban J connectivity index is 2.30. The van der Waals surface area contributed by atoms with E-state index in [-0.39, 0.29) is 5.71 Å². The van der Waals surface area contributed by atoms with Crippen LogP contribution in [0.15, 0.2) is 28.6 Å². The molecule has 18 heavy (non-hydrogen) atoms. The Morgan fingerprint density at radius 3 is 2.83 bits per heavy atom. The Kier molecular flexibility index (Phi) is 3.28. The molecule has 2 rings (SSSR count). The van der Waals surface area contributed by atoms with E-state index in [0.717, 1.165) is 4.88 Å². The van der Waals surface area contributed by atoms with Crippen molar-refractivity contribution in [3.05, 3.63) is 38.6 Å². The number of nitrogens with one attached hydrogen (secondary N) is 1. The molecule has 2 heterocycles. The van der Waals surface area contributed by atoms with E-state index in [4.69, 9.17) is 0 Å². The molecule has 1 aliphatic heterocycles. The maximum Gasteiger partial charge on any atom is 0.348 e. The van der Waals surface area contributed by atoms with Crippen molar-refractivity contribution in [1.29, 1.82) is 0 Å². The lowest BCUT2D eigenvalue weighted by atomic mass is 10.1. The molecule has 0 saturated carbocycles. The maximum atomic E-state index is 11.3. The van der Waals surface area contributed by atoms with E-state index in [1.54, 1.807) is 17.5 Å². The van der Waals surface area contributed by atoms with Crippen LogP contribution in [0.2, 0.25) is 0 Å². The van der Waals surface area contributed by atoms with Crippen LogP contribution in [0.25, 0.3) is 6.08 Å². The molecule has 1 unspecified atom stereocenters. The zero-order chi connectivity index (χ0) is 13.1. The summed E-state index contributed by atoms with van der Waals surface area (Å²) >= 11 is 1.43. The lowest BCUT2D eigenvalue weighted by Gasteiger charge is -2.12. The molecule has 1 aromatic heterocycles. The molecule has 0 spiro atoms. The summed E-state index contributed by atoms with van der Waals surface area (Å²) in [7, 11) is 0. The smallest absolute Gasteiger partial charge is 0.270 e. The van der Waals surface area contributed by atoms with Crippen LogP contribution in [0, 0.1) is 10.1 Å². The van der Waals surface area contributed by atoms with Crippen LogP contribution in [-0.4, -0.2) is 28.6 Å². The molecular weight excluding hydrogens is 258 g/mol. The van der Waals surface area contributed by atoms with Crippen LogP contribution in [-0.2, 0) is 4.79 Å². The van der Waals surface area contributed by atoms with Gasteiger partial charge in [-0.1, -0.05) is 6.07 Å². The molecular formula is C10H7N3O4S. The minimum absolute atomic E-state index is 0.165. The Bertz CT molecular complexity index is 562. The van der Waals surface area contributed by atoms with E-state index in [0.29, 0.717) is 0 Å². The van der Waals surface area contributed by atoms with Gasteiger partial charge in [0, 0.05) is 9.80 Å². The number of carbonyl (C=O) groups is 2. The first-order valence-corrected chi connectivity index (χ1v) is 5.74. The first kappa shape index (κ1) is 12.1. The summed E-state index contributed by atoms with van der Waals surface area (Å²) in [6, 6.07) is 1.09. The standard InChI is InChI=1S/C10H7N3O4S/c14-9-8(13(16)17)7(11-10(15)12-9)4-3-6-2-1-5-18-6/h1-5,8H,(H,12,14,15)/b4-3+. The van der Waals surface area contributed by atoms with Crippen molar-refractivity contribution in [2.75, 3.05) is 0 Å². The fraction of sp³-hybridized carbons (Fsp3) is 0.100. The van der Waals surface area contributed by atoms with Crippen molar-refractivity contribution in [2.24, 2.45) is 4.99 Å². The van der Waals surface area contributed by atoms with Gasteiger partial charge in [0.05, 0.1) is 0 Å². The second-order valence-electron chi connectivity index (χ2n) is 3.37. The van der Waals surface area contributed by atoms with Gasteiger partial charge in [-0.3, -0.25) is 20.2 Å². The van der Waals surface area contributed by atoms with Crippen molar-refractivity contribution in [2.45, 2.75) is 6.04 Å². The lowest BCUT2D eigenvalue weighted by Crippen LogP contribution is -2.50. The number of amides is 3. The molecule has 8 heteroatoms. The van der Waals surface area contributed by atoms with E-state index < -0.39 is 22.9 Å². The van der Waals surface area contributed by atoms with Gasteiger partial charge in [-0.15, -0.1) is 11.3 Å². The average molecular weight is 265 g/mol. The van der Waals surface area contributed by atoms with Crippen molar-refractivity contribution in [3.63, 3.8) is 0 Å². The van der Waals surface area contributed by atoms with Gasteiger partial charge in [-0.2, -0.15) is 4.99 Å². The Labute approximate surface area is 105 Å². The summed E-state index contributed by atoms with van der Waals surface area (Å²) in [5, 5.41) is 14.4. The second-order valence-corrected chi connectivity index (χ2v) is 4.35. The number of nitrogens with zero attached hydrogens (tertiary/aromatic N) is 2. The largest absolute Gasteiger partial charge is 0.348 e. The number of aliphatic imine (C=N–C) groups is 1. The Morgan fingerprint density at radius 1 is 1.44 bits per heavy atom. The summed E-state index contributed by atoms with van der Waals surface area (Å²) in [6.07, 6.45) is 2.89. The molecule has 92 valence electrons. The predicted octanol–water partition coefficient (Wildman–Crippen LogP) is 1.10. The third-order valence-electron chi connectivity index (χ3n) is 2.16. The van der Waals surface area contributed by atoms with Crippen LogP contribution in [0.4, 0.5) is 4.79 Å². The van der Waals surface area contributed by atoms with Crippen molar-refractivity contribution in [3.8, 4) is 0 Å². The summed E-state index contributed by atoms with van der Waals surface area (Å²) in [4.78, 5) is 36.7. The van der Waals surface area contributed by atoms with Crippen LogP contribution < -0.4 is 5.32 Å². The fourth-order valence-corrected chi connectivity index (χ4v) is 2.02. The predicted molar refractivity (Wildman–Crippen MR) is 65.1 cm³/mol. The molecule has 0 radical (unpaired) electrons. The number of hydrogen-bond acceptors (Lipinski definition) is 5. The third kappa shape index (κ3) is 2.48. The molecule has 1 atom stereocenters. The molecule has 0 saturated heterocycles. The van der Waals surface area contributed by atoms with Gasteiger partial charge in [0.25, 0.3) is 0 Å². The highest BCUT2D eigenvalue weighted by atomic mass is 32.1. The van der Waals surface area contributed by atoms with Crippen LogP contribution >= 0.6 is 11.3 Å². The van der Waals surface area contributed by atoms with Gasteiger partial charge in [0.1, 0.15) is 5.71 Å². The monoisotopic (exact) mass is 265 g/mol. The van der Waals surface area contributed by atoms with Crippen LogP contribution in [0.5, 0.6) is 0 Å². The minimum Gasteiger partial charge on any atom is -0.270 e. The third-order valence-corrected chi connectivity index (χ3v) is 3.00. The zero-order valence-corrected chi connectivity index (χ0v) is 9.72. The van der Waals surface area contributed by atoms with Gasteiger partial charge < -0.3 is 0 Å². The highest BCUT2D eigenvalue weighted by Crippen LogP contribution is 2.12.